The van der Waals surface area contributed by atoms with Gasteiger partial charge in [-0.3, -0.25) is 9.78 Å². The molecule has 0 bridgehead atoms. The molecule has 8 heteroatoms. The van der Waals surface area contributed by atoms with Gasteiger partial charge in [-0.05, 0) is 29.8 Å². The van der Waals surface area contributed by atoms with E-state index in [2.05, 4.69) is 25.6 Å². The molecule has 0 aliphatic rings. The van der Waals surface area contributed by atoms with Crippen LogP contribution in [-0.4, -0.2) is 32.6 Å². The van der Waals surface area contributed by atoms with Gasteiger partial charge >= 0.3 is 5.97 Å². The molecule has 3 aromatic rings. The summed E-state index contributed by atoms with van der Waals surface area (Å²) in [5, 5.41) is 14.6. The smallest absolute Gasteiger partial charge is 0.322 e. The zero-order valence-corrected chi connectivity index (χ0v) is 13.7. The highest BCUT2D eigenvalue weighted by Gasteiger charge is 2.08. The Morgan fingerprint density at radius 2 is 1.92 bits per heavy atom. The van der Waals surface area contributed by atoms with Gasteiger partial charge in [0.15, 0.2) is 0 Å². The number of aromatic nitrogens is 3. The standard InChI is InChI=1S/C18H16FN5O2/c19-14-5-3-12(4-6-14)9-21-16-8-15(13-2-1-7-20-10-13)23-18(24-16)22-11-17(25)26/h1-8,10H,9,11H2,(H,25,26)(H2,21,22,23,24). The number of hydrogen-bond acceptors (Lipinski definition) is 6. The topological polar surface area (TPSA) is 100 Å². The van der Waals surface area contributed by atoms with Crippen LogP contribution in [-0.2, 0) is 11.3 Å². The van der Waals surface area contributed by atoms with E-state index in [4.69, 9.17) is 5.11 Å². The lowest BCUT2D eigenvalue weighted by Gasteiger charge is -2.11. The van der Waals surface area contributed by atoms with E-state index in [1.807, 2.05) is 6.07 Å². The first kappa shape index (κ1) is 17.3. The van der Waals surface area contributed by atoms with Crippen LogP contribution in [0.1, 0.15) is 5.56 Å². The van der Waals surface area contributed by atoms with Gasteiger partial charge in [-0.15, -0.1) is 0 Å². The molecule has 132 valence electrons. The van der Waals surface area contributed by atoms with E-state index in [0.29, 0.717) is 18.1 Å². The molecule has 0 saturated carbocycles. The van der Waals surface area contributed by atoms with Gasteiger partial charge in [0.1, 0.15) is 18.2 Å². The maximum absolute atomic E-state index is 13.0. The number of rotatable bonds is 7. The Morgan fingerprint density at radius 3 is 2.62 bits per heavy atom. The third kappa shape index (κ3) is 4.73. The predicted octanol–water partition coefficient (Wildman–Crippen LogP) is 2.79. The predicted molar refractivity (Wildman–Crippen MR) is 95.1 cm³/mol. The van der Waals surface area contributed by atoms with Crippen molar-refractivity contribution in [3.05, 3.63) is 66.2 Å². The zero-order chi connectivity index (χ0) is 18.4. The van der Waals surface area contributed by atoms with Crippen LogP contribution in [0.3, 0.4) is 0 Å². The van der Waals surface area contributed by atoms with E-state index in [1.54, 1.807) is 36.7 Å². The third-order valence-corrected chi connectivity index (χ3v) is 3.47. The molecule has 0 aliphatic carbocycles. The molecule has 0 radical (unpaired) electrons. The number of hydrogen-bond donors (Lipinski definition) is 3. The average Bonchev–Trinajstić information content (AvgIpc) is 2.66. The quantitative estimate of drug-likeness (QED) is 0.600. The number of benzene rings is 1. The molecule has 0 atom stereocenters. The lowest BCUT2D eigenvalue weighted by molar-refractivity contribution is -0.134. The first-order valence-electron chi connectivity index (χ1n) is 7.83. The summed E-state index contributed by atoms with van der Waals surface area (Å²) in [6.07, 6.45) is 3.31. The Kier molecular flexibility index (Phi) is 5.33. The molecule has 3 N–H and O–H groups in total. The number of carboxylic acids is 1. The molecular formula is C18H16FN5O2. The van der Waals surface area contributed by atoms with Crippen molar-refractivity contribution >= 4 is 17.7 Å². The Balaban J connectivity index is 1.83. The van der Waals surface area contributed by atoms with E-state index in [0.717, 1.165) is 11.1 Å². The van der Waals surface area contributed by atoms with Crippen molar-refractivity contribution in [1.29, 1.82) is 0 Å². The summed E-state index contributed by atoms with van der Waals surface area (Å²) >= 11 is 0. The van der Waals surface area contributed by atoms with E-state index in [-0.39, 0.29) is 18.3 Å². The number of nitrogens with one attached hydrogen (secondary N) is 2. The largest absolute Gasteiger partial charge is 0.480 e. The van der Waals surface area contributed by atoms with Crippen molar-refractivity contribution in [2.45, 2.75) is 6.54 Å². The zero-order valence-electron chi connectivity index (χ0n) is 13.7. The number of halogens is 1. The van der Waals surface area contributed by atoms with Crippen LogP contribution in [0.25, 0.3) is 11.3 Å². The molecule has 0 fully saturated rings. The minimum absolute atomic E-state index is 0.190. The Hall–Kier alpha value is -3.55. The summed E-state index contributed by atoms with van der Waals surface area (Å²) in [7, 11) is 0. The van der Waals surface area contributed by atoms with Crippen LogP contribution >= 0.6 is 0 Å². The number of carbonyl (C=O) groups is 1. The number of anilines is 2. The van der Waals surface area contributed by atoms with E-state index >= 15 is 0 Å². The summed E-state index contributed by atoms with van der Waals surface area (Å²) < 4.78 is 13.0. The van der Waals surface area contributed by atoms with Gasteiger partial charge in [0.25, 0.3) is 0 Å². The van der Waals surface area contributed by atoms with E-state index in [9.17, 15) is 9.18 Å². The van der Waals surface area contributed by atoms with Gasteiger partial charge in [0.2, 0.25) is 5.95 Å². The van der Waals surface area contributed by atoms with Crippen LogP contribution in [0, 0.1) is 5.82 Å². The van der Waals surface area contributed by atoms with Gasteiger partial charge in [0, 0.05) is 30.6 Å². The third-order valence-electron chi connectivity index (χ3n) is 3.47. The summed E-state index contributed by atoms with van der Waals surface area (Å²) in [4.78, 5) is 23.4. The molecule has 0 aliphatic heterocycles. The van der Waals surface area contributed by atoms with Crippen molar-refractivity contribution in [3.63, 3.8) is 0 Å². The molecular weight excluding hydrogens is 337 g/mol. The van der Waals surface area contributed by atoms with Crippen LogP contribution in [0.4, 0.5) is 16.2 Å². The van der Waals surface area contributed by atoms with Crippen molar-refractivity contribution in [2.75, 3.05) is 17.2 Å². The van der Waals surface area contributed by atoms with Crippen molar-refractivity contribution in [1.82, 2.24) is 15.0 Å². The highest BCUT2D eigenvalue weighted by atomic mass is 19.1. The summed E-state index contributed by atoms with van der Waals surface area (Å²) in [5.74, 6) is -0.609. The Labute approximate surface area is 149 Å². The molecule has 26 heavy (non-hydrogen) atoms. The molecule has 0 spiro atoms. The van der Waals surface area contributed by atoms with Crippen LogP contribution in [0.2, 0.25) is 0 Å². The second-order valence-electron chi connectivity index (χ2n) is 5.43. The van der Waals surface area contributed by atoms with Crippen molar-refractivity contribution in [2.24, 2.45) is 0 Å². The fourth-order valence-electron chi connectivity index (χ4n) is 2.23. The molecule has 1 aromatic carbocycles. The molecule has 0 saturated heterocycles. The van der Waals surface area contributed by atoms with Gasteiger partial charge < -0.3 is 15.7 Å². The Bertz CT molecular complexity index is 888. The van der Waals surface area contributed by atoms with Gasteiger partial charge in [0.05, 0.1) is 5.69 Å². The second kappa shape index (κ2) is 8.02. The SMILES string of the molecule is O=C(O)CNc1nc(NCc2ccc(F)cc2)cc(-c2cccnc2)n1. The fourth-order valence-corrected chi connectivity index (χ4v) is 2.23. The highest BCUT2D eigenvalue weighted by Crippen LogP contribution is 2.21. The maximum Gasteiger partial charge on any atom is 0.322 e. The van der Waals surface area contributed by atoms with E-state index < -0.39 is 5.97 Å². The molecule has 2 heterocycles. The number of nitrogens with zero attached hydrogens (tertiary/aromatic N) is 3. The van der Waals surface area contributed by atoms with Crippen LogP contribution in [0.5, 0.6) is 0 Å². The second-order valence-corrected chi connectivity index (χ2v) is 5.43. The number of aliphatic carboxylic acids is 1. The Morgan fingerprint density at radius 1 is 1.12 bits per heavy atom. The minimum atomic E-state index is -1.01. The average molecular weight is 353 g/mol. The number of pyridine rings is 1. The summed E-state index contributed by atoms with van der Waals surface area (Å²) in [6, 6.07) is 11.5. The van der Waals surface area contributed by atoms with Gasteiger partial charge in [-0.1, -0.05) is 12.1 Å². The maximum atomic E-state index is 13.0. The lowest BCUT2D eigenvalue weighted by atomic mass is 10.2. The molecule has 7 nitrogen and oxygen atoms in total. The first-order chi connectivity index (χ1) is 12.6. The molecule has 2 aromatic heterocycles. The van der Waals surface area contributed by atoms with Crippen LogP contribution in [0.15, 0.2) is 54.9 Å². The normalized spacial score (nSPS) is 10.3. The molecule has 3 rings (SSSR count). The van der Waals surface area contributed by atoms with Gasteiger partial charge in [-0.2, -0.15) is 4.98 Å². The highest BCUT2D eigenvalue weighted by molar-refractivity contribution is 5.72. The summed E-state index contributed by atoms with van der Waals surface area (Å²) in [5.41, 5.74) is 2.26. The fraction of sp³-hybridized carbons (Fsp3) is 0.111. The van der Waals surface area contributed by atoms with Gasteiger partial charge in [-0.25, -0.2) is 9.37 Å². The van der Waals surface area contributed by atoms with Crippen molar-refractivity contribution in [3.8, 4) is 11.3 Å². The van der Waals surface area contributed by atoms with E-state index in [1.165, 1.54) is 12.1 Å². The number of carboxylic acid groups (broad SMARTS) is 1. The van der Waals surface area contributed by atoms with Crippen molar-refractivity contribution < 1.29 is 14.3 Å². The summed E-state index contributed by atoms with van der Waals surface area (Å²) in [6.45, 7) is 0.135. The monoisotopic (exact) mass is 353 g/mol. The minimum Gasteiger partial charge on any atom is -0.480 e. The molecule has 0 amide bonds. The molecule has 0 unspecified atom stereocenters. The van der Waals surface area contributed by atoms with Crippen LogP contribution < -0.4 is 10.6 Å². The first-order valence-corrected chi connectivity index (χ1v) is 7.83. The lowest BCUT2D eigenvalue weighted by Crippen LogP contribution is -2.15.